The Hall–Kier alpha value is -2.04. The zero-order valence-corrected chi connectivity index (χ0v) is 13.3. The van der Waals surface area contributed by atoms with Crippen LogP contribution in [0.4, 0.5) is 0 Å². The van der Waals surface area contributed by atoms with Gasteiger partial charge in [0, 0.05) is 12.0 Å². The smallest absolute Gasteiger partial charge is 0.261 e. The lowest BCUT2D eigenvalue weighted by molar-refractivity contribution is -0.128. The van der Waals surface area contributed by atoms with Crippen LogP contribution in [0, 0.1) is 0 Å². The summed E-state index contributed by atoms with van der Waals surface area (Å²) in [6, 6.07) is 7.39. The Bertz CT molecular complexity index is 501. The SMILES string of the molecule is C/C(Cc1ccc(OC(C)C(=O)NC(C)(C)C)cc1)=N\O. The van der Waals surface area contributed by atoms with E-state index < -0.39 is 6.10 Å². The molecule has 0 aliphatic heterocycles. The molecular formula is C16H24N2O3. The van der Waals surface area contributed by atoms with Crippen LogP contribution in [0.3, 0.4) is 0 Å². The van der Waals surface area contributed by atoms with E-state index in [0.717, 1.165) is 5.56 Å². The monoisotopic (exact) mass is 292 g/mol. The molecule has 1 amide bonds. The fourth-order valence-corrected chi connectivity index (χ4v) is 1.75. The topological polar surface area (TPSA) is 70.9 Å². The molecule has 1 atom stereocenters. The molecule has 0 aliphatic rings. The predicted octanol–water partition coefficient (Wildman–Crippen LogP) is 2.76. The maximum absolute atomic E-state index is 11.9. The first kappa shape index (κ1) is 17.0. The third-order valence-electron chi connectivity index (χ3n) is 2.73. The van der Waals surface area contributed by atoms with Crippen LogP contribution in [0.25, 0.3) is 0 Å². The van der Waals surface area contributed by atoms with Gasteiger partial charge in [-0.15, -0.1) is 0 Å². The number of hydrogen-bond acceptors (Lipinski definition) is 4. The largest absolute Gasteiger partial charge is 0.481 e. The Labute approximate surface area is 126 Å². The minimum Gasteiger partial charge on any atom is -0.481 e. The van der Waals surface area contributed by atoms with Gasteiger partial charge in [0.1, 0.15) is 5.75 Å². The molecule has 0 spiro atoms. The van der Waals surface area contributed by atoms with E-state index in [9.17, 15) is 4.79 Å². The van der Waals surface area contributed by atoms with E-state index in [1.54, 1.807) is 26.0 Å². The standard InChI is InChI=1S/C16H24N2O3/c1-11(18-20)10-13-6-8-14(9-7-13)21-12(2)15(19)17-16(3,4)5/h6-9,12,20H,10H2,1-5H3,(H,17,19)/b18-11+. The second-order valence-corrected chi connectivity index (χ2v) is 6.16. The summed E-state index contributed by atoms with van der Waals surface area (Å²) in [6.07, 6.45) is 0.0208. The Morgan fingerprint density at radius 1 is 1.33 bits per heavy atom. The fourth-order valence-electron chi connectivity index (χ4n) is 1.75. The van der Waals surface area contributed by atoms with E-state index in [4.69, 9.17) is 9.94 Å². The Morgan fingerprint density at radius 3 is 2.38 bits per heavy atom. The number of nitrogens with one attached hydrogen (secondary N) is 1. The highest BCUT2D eigenvalue weighted by Crippen LogP contribution is 2.15. The highest BCUT2D eigenvalue weighted by molar-refractivity contribution is 5.83. The molecule has 1 unspecified atom stereocenters. The summed E-state index contributed by atoms with van der Waals surface area (Å²) in [5.41, 5.74) is 1.38. The number of rotatable bonds is 5. The summed E-state index contributed by atoms with van der Waals surface area (Å²) >= 11 is 0. The number of oxime groups is 1. The van der Waals surface area contributed by atoms with Crippen LogP contribution in [0.5, 0.6) is 5.75 Å². The summed E-state index contributed by atoms with van der Waals surface area (Å²) < 4.78 is 5.62. The third-order valence-corrected chi connectivity index (χ3v) is 2.73. The van der Waals surface area contributed by atoms with E-state index in [0.29, 0.717) is 17.9 Å². The molecule has 0 heterocycles. The van der Waals surface area contributed by atoms with Crippen molar-refractivity contribution in [3.05, 3.63) is 29.8 Å². The summed E-state index contributed by atoms with van der Waals surface area (Å²) in [5, 5.41) is 14.7. The van der Waals surface area contributed by atoms with E-state index in [2.05, 4.69) is 10.5 Å². The lowest BCUT2D eigenvalue weighted by Crippen LogP contribution is -2.46. The maximum atomic E-state index is 11.9. The highest BCUT2D eigenvalue weighted by atomic mass is 16.5. The third kappa shape index (κ3) is 6.29. The van der Waals surface area contributed by atoms with Gasteiger partial charge < -0.3 is 15.3 Å². The lowest BCUT2D eigenvalue weighted by Gasteiger charge is -2.23. The van der Waals surface area contributed by atoms with Gasteiger partial charge in [0.05, 0.1) is 5.71 Å². The first-order valence-corrected chi connectivity index (χ1v) is 6.96. The summed E-state index contributed by atoms with van der Waals surface area (Å²) in [4.78, 5) is 11.9. The molecule has 1 rings (SSSR count). The van der Waals surface area contributed by atoms with Crippen molar-refractivity contribution in [2.24, 2.45) is 5.16 Å². The van der Waals surface area contributed by atoms with Crippen molar-refractivity contribution in [1.29, 1.82) is 0 Å². The molecule has 1 aromatic carbocycles. The first-order valence-electron chi connectivity index (χ1n) is 6.96. The van der Waals surface area contributed by atoms with Crippen molar-refractivity contribution in [1.82, 2.24) is 5.32 Å². The number of carbonyl (C=O) groups is 1. The number of ether oxygens (including phenoxy) is 1. The van der Waals surface area contributed by atoms with E-state index in [1.165, 1.54) is 0 Å². The second kappa shape index (κ2) is 7.11. The van der Waals surface area contributed by atoms with E-state index >= 15 is 0 Å². The minimum atomic E-state index is -0.559. The van der Waals surface area contributed by atoms with Gasteiger partial charge in [-0.1, -0.05) is 17.3 Å². The van der Waals surface area contributed by atoms with Gasteiger partial charge in [0.2, 0.25) is 0 Å². The van der Waals surface area contributed by atoms with Gasteiger partial charge in [-0.05, 0) is 52.3 Å². The molecule has 116 valence electrons. The highest BCUT2D eigenvalue weighted by Gasteiger charge is 2.20. The van der Waals surface area contributed by atoms with Crippen LogP contribution in [-0.2, 0) is 11.2 Å². The summed E-state index contributed by atoms with van der Waals surface area (Å²) in [7, 11) is 0. The zero-order valence-electron chi connectivity index (χ0n) is 13.3. The Kier molecular flexibility index (Phi) is 5.76. The van der Waals surface area contributed by atoms with Gasteiger partial charge >= 0.3 is 0 Å². The Morgan fingerprint density at radius 2 is 1.90 bits per heavy atom. The molecule has 1 aromatic rings. The predicted molar refractivity (Wildman–Crippen MR) is 83.0 cm³/mol. The molecule has 0 saturated heterocycles. The van der Waals surface area contributed by atoms with Gasteiger partial charge in [-0.2, -0.15) is 0 Å². The molecule has 0 bridgehead atoms. The van der Waals surface area contributed by atoms with Gasteiger partial charge in [0.25, 0.3) is 5.91 Å². The zero-order chi connectivity index (χ0) is 16.0. The number of amides is 1. The summed E-state index contributed by atoms with van der Waals surface area (Å²) in [5.74, 6) is 0.490. The molecule has 5 heteroatoms. The number of nitrogens with zero attached hydrogens (tertiary/aromatic N) is 1. The molecule has 0 aromatic heterocycles. The van der Waals surface area contributed by atoms with Crippen LogP contribution in [0.15, 0.2) is 29.4 Å². The number of hydrogen-bond donors (Lipinski definition) is 2. The number of benzene rings is 1. The van der Waals surface area contributed by atoms with Crippen molar-refractivity contribution >= 4 is 11.6 Å². The van der Waals surface area contributed by atoms with E-state index in [-0.39, 0.29) is 11.4 Å². The number of carbonyl (C=O) groups excluding carboxylic acids is 1. The van der Waals surface area contributed by atoms with E-state index in [1.807, 2.05) is 32.9 Å². The van der Waals surface area contributed by atoms with Crippen molar-refractivity contribution in [3.63, 3.8) is 0 Å². The Balaban J connectivity index is 2.61. The first-order chi connectivity index (χ1) is 9.71. The normalized spacial score (nSPS) is 13.7. The molecule has 0 aliphatic carbocycles. The summed E-state index contributed by atoms with van der Waals surface area (Å²) in [6.45, 7) is 9.26. The minimum absolute atomic E-state index is 0.144. The average Bonchev–Trinajstić information content (AvgIpc) is 2.38. The average molecular weight is 292 g/mol. The van der Waals surface area contributed by atoms with Crippen LogP contribution in [0.2, 0.25) is 0 Å². The molecule has 0 saturated carbocycles. The van der Waals surface area contributed by atoms with Crippen LogP contribution < -0.4 is 10.1 Å². The fraction of sp³-hybridized carbons (Fsp3) is 0.500. The van der Waals surface area contributed by atoms with Crippen molar-refractivity contribution < 1.29 is 14.7 Å². The van der Waals surface area contributed by atoms with Crippen molar-refractivity contribution in [2.45, 2.75) is 52.7 Å². The van der Waals surface area contributed by atoms with Gasteiger partial charge in [-0.25, -0.2) is 0 Å². The molecule has 0 radical (unpaired) electrons. The maximum Gasteiger partial charge on any atom is 0.261 e. The molecule has 21 heavy (non-hydrogen) atoms. The second-order valence-electron chi connectivity index (χ2n) is 6.16. The molecular weight excluding hydrogens is 268 g/mol. The van der Waals surface area contributed by atoms with Crippen LogP contribution >= 0.6 is 0 Å². The van der Waals surface area contributed by atoms with Crippen LogP contribution in [-0.4, -0.2) is 28.5 Å². The molecule has 2 N–H and O–H groups in total. The molecule has 0 fully saturated rings. The van der Waals surface area contributed by atoms with Crippen molar-refractivity contribution in [3.8, 4) is 5.75 Å². The lowest BCUT2D eigenvalue weighted by atomic mass is 10.1. The molecule has 5 nitrogen and oxygen atoms in total. The van der Waals surface area contributed by atoms with Crippen LogP contribution in [0.1, 0.15) is 40.2 Å². The van der Waals surface area contributed by atoms with Crippen molar-refractivity contribution in [2.75, 3.05) is 0 Å². The quantitative estimate of drug-likeness (QED) is 0.498. The van der Waals surface area contributed by atoms with Gasteiger partial charge in [-0.3, -0.25) is 4.79 Å². The van der Waals surface area contributed by atoms with Gasteiger partial charge in [0.15, 0.2) is 6.10 Å².